The van der Waals surface area contributed by atoms with Crippen molar-refractivity contribution in [3.05, 3.63) is 70.2 Å². The van der Waals surface area contributed by atoms with Crippen LogP contribution in [-0.2, 0) is 13.5 Å². The highest BCUT2D eigenvalue weighted by molar-refractivity contribution is 6.17. The summed E-state index contributed by atoms with van der Waals surface area (Å²) >= 11 is 0. The van der Waals surface area contributed by atoms with Crippen LogP contribution in [0.4, 0.5) is 5.69 Å². The summed E-state index contributed by atoms with van der Waals surface area (Å²) in [6, 6.07) is 9.93. The first-order chi connectivity index (χ1) is 14.5. The van der Waals surface area contributed by atoms with E-state index >= 15 is 0 Å². The summed E-state index contributed by atoms with van der Waals surface area (Å²) in [4.78, 5) is 20.7. The number of benzene rings is 2. The van der Waals surface area contributed by atoms with Crippen molar-refractivity contribution < 1.29 is 4.79 Å². The standard InChI is InChI=1S/C24H23N5O/c1-5-15-7-6-8-17(23(15)26-3)24-19(12-28-29(24)4)16-9-14(2)22-18(10-16)20(11-25)27-13-21(22)30/h6-10,12H,5,11,13,25H2,1-2,4H3. The Labute approximate surface area is 175 Å². The third-order valence-electron chi connectivity index (χ3n) is 5.65. The molecule has 30 heavy (non-hydrogen) atoms. The average Bonchev–Trinajstić information content (AvgIpc) is 3.14. The Morgan fingerprint density at radius 2 is 2.03 bits per heavy atom. The molecule has 4 rings (SSSR count). The smallest absolute Gasteiger partial charge is 0.199 e. The van der Waals surface area contributed by atoms with Gasteiger partial charge in [-0.3, -0.25) is 14.5 Å². The molecule has 0 amide bonds. The summed E-state index contributed by atoms with van der Waals surface area (Å²) in [5.41, 5.74) is 14.3. The highest BCUT2D eigenvalue weighted by Crippen LogP contribution is 2.40. The van der Waals surface area contributed by atoms with Crippen molar-refractivity contribution in [3.63, 3.8) is 0 Å². The molecule has 0 aliphatic carbocycles. The van der Waals surface area contributed by atoms with E-state index in [4.69, 9.17) is 12.3 Å². The zero-order chi connectivity index (χ0) is 21.4. The fourth-order valence-electron chi connectivity index (χ4n) is 4.21. The molecule has 150 valence electrons. The van der Waals surface area contributed by atoms with Crippen LogP contribution in [0.1, 0.15) is 34.0 Å². The molecule has 2 aromatic carbocycles. The number of hydrogen-bond acceptors (Lipinski definition) is 4. The van der Waals surface area contributed by atoms with Gasteiger partial charge in [0.1, 0.15) is 6.54 Å². The molecule has 0 saturated heterocycles. The average molecular weight is 397 g/mol. The Morgan fingerprint density at radius 3 is 2.73 bits per heavy atom. The van der Waals surface area contributed by atoms with Crippen molar-refractivity contribution in [2.45, 2.75) is 20.3 Å². The van der Waals surface area contributed by atoms with Crippen LogP contribution in [0.15, 0.2) is 41.5 Å². The first-order valence-electron chi connectivity index (χ1n) is 9.93. The van der Waals surface area contributed by atoms with Gasteiger partial charge in [-0.25, -0.2) is 4.85 Å². The number of Topliss-reactive ketones (excluding diaryl/α,β-unsaturated/α-hetero) is 1. The molecule has 3 aromatic rings. The first kappa shape index (κ1) is 19.7. The van der Waals surface area contributed by atoms with E-state index in [1.54, 1.807) is 4.68 Å². The molecule has 6 nitrogen and oxygen atoms in total. The number of rotatable bonds is 4. The van der Waals surface area contributed by atoms with Gasteiger partial charge in [-0.1, -0.05) is 31.2 Å². The first-order valence-corrected chi connectivity index (χ1v) is 9.93. The molecule has 0 spiro atoms. The maximum Gasteiger partial charge on any atom is 0.199 e. The molecular weight excluding hydrogens is 374 g/mol. The minimum atomic E-state index is 0.0172. The highest BCUT2D eigenvalue weighted by Gasteiger charge is 2.25. The van der Waals surface area contributed by atoms with E-state index in [0.717, 1.165) is 51.2 Å². The number of carbonyl (C=O) groups excluding carboxylic acids is 1. The van der Waals surface area contributed by atoms with Gasteiger partial charge in [0.15, 0.2) is 11.5 Å². The van der Waals surface area contributed by atoms with Crippen LogP contribution in [0.25, 0.3) is 27.2 Å². The van der Waals surface area contributed by atoms with E-state index in [0.29, 0.717) is 11.3 Å². The molecule has 0 unspecified atom stereocenters. The third kappa shape index (κ3) is 3.04. The molecule has 0 atom stereocenters. The largest absolute Gasteiger partial charge is 0.325 e. The van der Waals surface area contributed by atoms with Gasteiger partial charge in [-0.05, 0) is 36.1 Å². The Morgan fingerprint density at radius 1 is 1.23 bits per heavy atom. The second kappa shape index (κ2) is 7.69. The second-order valence-corrected chi connectivity index (χ2v) is 7.42. The number of nitrogens with zero attached hydrogens (tertiary/aromatic N) is 4. The number of fused-ring (bicyclic) bond motifs is 1. The fraction of sp³-hybridized carbons (Fsp3) is 0.250. The van der Waals surface area contributed by atoms with Crippen molar-refractivity contribution in [2.24, 2.45) is 17.8 Å². The Bertz CT molecular complexity index is 1240. The molecule has 0 saturated carbocycles. The number of carbonyl (C=O) groups is 1. The van der Waals surface area contributed by atoms with Gasteiger partial charge in [0.2, 0.25) is 0 Å². The Kier molecular flexibility index (Phi) is 5.06. The van der Waals surface area contributed by atoms with E-state index in [2.05, 4.69) is 21.9 Å². The lowest BCUT2D eigenvalue weighted by Crippen LogP contribution is -2.25. The molecule has 1 aliphatic rings. The van der Waals surface area contributed by atoms with Gasteiger partial charge in [-0.2, -0.15) is 5.10 Å². The van der Waals surface area contributed by atoms with Crippen molar-refractivity contribution in [3.8, 4) is 22.4 Å². The predicted molar refractivity (Wildman–Crippen MR) is 119 cm³/mol. The number of ketones is 1. The third-order valence-corrected chi connectivity index (χ3v) is 5.65. The number of hydrogen-bond donors (Lipinski definition) is 1. The van der Waals surface area contributed by atoms with E-state index in [1.165, 1.54) is 0 Å². The van der Waals surface area contributed by atoms with Crippen LogP contribution in [0, 0.1) is 13.5 Å². The quantitative estimate of drug-likeness (QED) is 0.673. The SMILES string of the molecule is [C-]#[N+]c1c(CC)cccc1-c1c(-c2cc(C)c3c(c2)C(CN)=NCC3=O)cnn1C. The van der Waals surface area contributed by atoms with Crippen molar-refractivity contribution in [2.75, 3.05) is 13.1 Å². The summed E-state index contributed by atoms with van der Waals surface area (Å²) in [5, 5.41) is 4.49. The van der Waals surface area contributed by atoms with Gasteiger partial charge in [0.05, 0.1) is 24.2 Å². The van der Waals surface area contributed by atoms with E-state index in [1.807, 2.05) is 50.5 Å². The normalized spacial score (nSPS) is 13.0. The molecule has 6 heteroatoms. The van der Waals surface area contributed by atoms with E-state index < -0.39 is 0 Å². The number of nitrogens with two attached hydrogens (primary N) is 1. The summed E-state index contributed by atoms with van der Waals surface area (Å²) in [7, 11) is 1.88. The van der Waals surface area contributed by atoms with Crippen LogP contribution in [0.3, 0.4) is 0 Å². The summed E-state index contributed by atoms with van der Waals surface area (Å²) in [6.45, 7) is 12.2. The molecular formula is C24H23N5O. The molecule has 0 bridgehead atoms. The maximum absolute atomic E-state index is 12.5. The molecule has 2 N–H and O–H groups in total. The summed E-state index contributed by atoms with van der Waals surface area (Å²) in [6.07, 6.45) is 2.60. The molecule has 1 aromatic heterocycles. The minimum Gasteiger partial charge on any atom is -0.325 e. The fourth-order valence-corrected chi connectivity index (χ4v) is 4.21. The van der Waals surface area contributed by atoms with Gasteiger partial charge >= 0.3 is 0 Å². The number of aryl methyl sites for hydroxylation is 3. The zero-order valence-electron chi connectivity index (χ0n) is 17.4. The van der Waals surface area contributed by atoms with Crippen LogP contribution in [0.2, 0.25) is 0 Å². The van der Waals surface area contributed by atoms with Crippen LogP contribution in [-0.4, -0.2) is 34.4 Å². The number of para-hydroxylation sites is 1. The molecule has 2 heterocycles. The number of aromatic nitrogens is 2. The van der Waals surface area contributed by atoms with Crippen LogP contribution in [0.5, 0.6) is 0 Å². The zero-order valence-corrected chi connectivity index (χ0v) is 17.4. The summed E-state index contributed by atoms with van der Waals surface area (Å²) < 4.78 is 1.80. The summed E-state index contributed by atoms with van der Waals surface area (Å²) in [5.74, 6) is 0.0172. The lowest BCUT2D eigenvalue weighted by molar-refractivity contribution is 0.0999. The van der Waals surface area contributed by atoms with Crippen LogP contribution < -0.4 is 5.73 Å². The lowest BCUT2D eigenvalue weighted by atomic mass is 9.88. The number of aliphatic imine (C=N–C) groups is 1. The van der Waals surface area contributed by atoms with E-state index in [-0.39, 0.29) is 18.9 Å². The van der Waals surface area contributed by atoms with Crippen LogP contribution >= 0.6 is 0 Å². The lowest BCUT2D eigenvalue weighted by Gasteiger charge is -2.19. The topological polar surface area (TPSA) is 77.6 Å². The predicted octanol–water partition coefficient (Wildman–Crippen LogP) is 4.12. The van der Waals surface area contributed by atoms with Crippen molar-refractivity contribution in [1.29, 1.82) is 0 Å². The van der Waals surface area contributed by atoms with Gasteiger partial charge < -0.3 is 5.73 Å². The van der Waals surface area contributed by atoms with Gasteiger partial charge in [0, 0.05) is 35.8 Å². The van der Waals surface area contributed by atoms with Crippen molar-refractivity contribution >= 4 is 17.2 Å². The minimum absolute atomic E-state index is 0.0172. The highest BCUT2D eigenvalue weighted by atomic mass is 16.1. The Hall–Kier alpha value is -3.56. The van der Waals surface area contributed by atoms with Crippen molar-refractivity contribution in [1.82, 2.24) is 9.78 Å². The molecule has 0 fully saturated rings. The van der Waals surface area contributed by atoms with E-state index in [9.17, 15) is 4.79 Å². The second-order valence-electron chi connectivity index (χ2n) is 7.42. The maximum atomic E-state index is 12.5. The molecule has 1 aliphatic heterocycles. The Balaban J connectivity index is 1.97. The van der Waals surface area contributed by atoms with Gasteiger partial charge in [0.25, 0.3) is 0 Å². The van der Waals surface area contributed by atoms with Gasteiger partial charge in [-0.15, -0.1) is 0 Å². The monoisotopic (exact) mass is 397 g/mol. The molecule has 0 radical (unpaired) electrons.